The minimum absolute atomic E-state index is 0.0216. The molecule has 29 heavy (non-hydrogen) atoms. The lowest BCUT2D eigenvalue weighted by molar-refractivity contribution is -0.115. The molecule has 6 nitrogen and oxygen atoms in total. The lowest BCUT2D eigenvalue weighted by Crippen LogP contribution is -2.08. The zero-order chi connectivity index (χ0) is 20.8. The number of carbonyl (C=O) groups excluding carboxylic acids is 1. The summed E-state index contributed by atoms with van der Waals surface area (Å²) in [7, 11) is 1.46. The molecule has 0 aliphatic carbocycles. The first kappa shape index (κ1) is 20.1. The number of phenolic OH excluding ortho intramolecular Hbond substituents is 1. The van der Waals surface area contributed by atoms with E-state index in [0.717, 1.165) is 5.56 Å². The van der Waals surface area contributed by atoms with Gasteiger partial charge in [-0.3, -0.25) is 4.79 Å². The number of thiazole rings is 1. The lowest BCUT2D eigenvalue weighted by atomic mass is 10.1. The molecule has 0 atom stereocenters. The number of ether oxygens (including phenoxy) is 1. The molecule has 0 spiro atoms. The second-order valence-electron chi connectivity index (χ2n) is 6.07. The van der Waals surface area contributed by atoms with E-state index in [1.165, 1.54) is 24.5 Å². The van der Waals surface area contributed by atoms with E-state index in [1.54, 1.807) is 25.1 Å². The van der Waals surface area contributed by atoms with Crippen molar-refractivity contribution in [3.8, 4) is 28.8 Å². The SMILES string of the molecule is CCC(=O)Nc1sc(/C(C#N)=C/c2ccc(O)c(OC)c2)nc1-c1ccccc1. The monoisotopic (exact) mass is 405 g/mol. The van der Waals surface area contributed by atoms with Gasteiger partial charge in [0.15, 0.2) is 11.5 Å². The molecule has 2 N–H and O–H groups in total. The summed E-state index contributed by atoms with van der Waals surface area (Å²) >= 11 is 1.25. The van der Waals surface area contributed by atoms with Crippen molar-refractivity contribution in [3.63, 3.8) is 0 Å². The quantitative estimate of drug-likeness (QED) is 0.567. The second kappa shape index (κ2) is 9.04. The molecule has 0 radical (unpaired) electrons. The number of benzene rings is 2. The standard InChI is InChI=1S/C22H19N3O3S/c1-3-19(27)24-22-20(15-7-5-4-6-8-15)25-21(29-22)16(13-23)11-14-9-10-17(26)18(12-14)28-2/h4-12,26H,3H2,1-2H3,(H,24,27)/b16-11+. The molecule has 0 saturated heterocycles. The van der Waals surface area contributed by atoms with Gasteiger partial charge in [-0.1, -0.05) is 54.7 Å². The number of nitrogens with zero attached hydrogens (tertiary/aromatic N) is 2. The topological polar surface area (TPSA) is 95.2 Å². The first-order valence-corrected chi connectivity index (χ1v) is 9.72. The van der Waals surface area contributed by atoms with E-state index in [9.17, 15) is 15.2 Å². The van der Waals surface area contributed by atoms with Crippen LogP contribution in [0.1, 0.15) is 23.9 Å². The summed E-state index contributed by atoms with van der Waals surface area (Å²) in [6.07, 6.45) is 2.01. The molecule has 0 saturated carbocycles. The van der Waals surface area contributed by atoms with Crippen LogP contribution in [0.4, 0.5) is 5.00 Å². The van der Waals surface area contributed by atoms with Crippen LogP contribution in [-0.2, 0) is 4.79 Å². The molecule has 0 bridgehead atoms. The largest absolute Gasteiger partial charge is 0.504 e. The maximum atomic E-state index is 12.0. The number of carbonyl (C=O) groups is 1. The highest BCUT2D eigenvalue weighted by molar-refractivity contribution is 7.17. The van der Waals surface area contributed by atoms with Crippen molar-refractivity contribution in [1.29, 1.82) is 5.26 Å². The van der Waals surface area contributed by atoms with E-state index in [4.69, 9.17) is 4.74 Å². The minimum Gasteiger partial charge on any atom is -0.504 e. The molecule has 3 aromatic rings. The number of anilines is 1. The van der Waals surface area contributed by atoms with Gasteiger partial charge < -0.3 is 15.2 Å². The Kier molecular flexibility index (Phi) is 6.27. The van der Waals surface area contributed by atoms with Crippen LogP contribution in [0.15, 0.2) is 48.5 Å². The number of hydrogen-bond donors (Lipinski definition) is 2. The third kappa shape index (κ3) is 4.62. The van der Waals surface area contributed by atoms with Gasteiger partial charge in [0.2, 0.25) is 5.91 Å². The van der Waals surface area contributed by atoms with Gasteiger partial charge in [-0.25, -0.2) is 4.98 Å². The number of phenols is 1. The van der Waals surface area contributed by atoms with Gasteiger partial charge in [0.1, 0.15) is 21.8 Å². The smallest absolute Gasteiger partial charge is 0.224 e. The number of allylic oxidation sites excluding steroid dienone is 1. The third-order valence-electron chi connectivity index (χ3n) is 4.11. The number of aromatic hydroxyl groups is 1. The molecule has 7 heteroatoms. The number of rotatable bonds is 6. The highest BCUT2D eigenvalue weighted by atomic mass is 32.1. The number of hydrogen-bond acceptors (Lipinski definition) is 6. The van der Waals surface area contributed by atoms with E-state index in [-0.39, 0.29) is 11.7 Å². The van der Waals surface area contributed by atoms with Crippen LogP contribution < -0.4 is 10.1 Å². The highest BCUT2D eigenvalue weighted by Gasteiger charge is 2.17. The lowest BCUT2D eigenvalue weighted by Gasteiger charge is -2.04. The Labute approximate surface area is 172 Å². The second-order valence-corrected chi connectivity index (χ2v) is 7.06. The van der Waals surface area contributed by atoms with Crippen LogP contribution in [0.2, 0.25) is 0 Å². The van der Waals surface area contributed by atoms with Gasteiger partial charge in [0.05, 0.1) is 12.7 Å². The molecular formula is C22H19N3O3S. The van der Waals surface area contributed by atoms with Crippen LogP contribution in [-0.4, -0.2) is 23.1 Å². The molecule has 0 unspecified atom stereocenters. The van der Waals surface area contributed by atoms with Crippen LogP contribution >= 0.6 is 11.3 Å². The number of nitrogens with one attached hydrogen (secondary N) is 1. The van der Waals surface area contributed by atoms with Gasteiger partial charge in [-0.05, 0) is 23.8 Å². The molecule has 1 aromatic heterocycles. The summed E-state index contributed by atoms with van der Waals surface area (Å²) in [5, 5.41) is 23.4. The number of amides is 1. The molecule has 3 rings (SSSR count). The molecule has 0 fully saturated rings. The Bertz CT molecular complexity index is 1100. The molecule has 1 heterocycles. The van der Waals surface area contributed by atoms with Crippen LogP contribution in [0.5, 0.6) is 11.5 Å². The normalized spacial score (nSPS) is 11.0. The Hall–Kier alpha value is -3.63. The van der Waals surface area contributed by atoms with Crippen molar-refractivity contribution in [2.24, 2.45) is 0 Å². The summed E-state index contributed by atoms with van der Waals surface area (Å²) in [5.74, 6) is 0.215. The molecule has 0 aliphatic heterocycles. The van der Waals surface area contributed by atoms with E-state index in [2.05, 4.69) is 16.4 Å². The van der Waals surface area contributed by atoms with Gasteiger partial charge in [0, 0.05) is 12.0 Å². The van der Waals surface area contributed by atoms with Gasteiger partial charge in [0.25, 0.3) is 0 Å². The molecule has 1 amide bonds. The van der Waals surface area contributed by atoms with Crippen molar-refractivity contribution in [1.82, 2.24) is 4.98 Å². The van der Waals surface area contributed by atoms with Gasteiger partial charge in [-0.15, -0.1) is 0 Å². The summed E-state index contributed by atoms with van der Waals surface area (Å²) in [4.78, 5) is 16.6. The fourth-order valence-electron chi connectivity index (χ4n) is 2.62. The number of methoxy groups -OCH3 is 1. The van der Waals surface area contributed by atoms with Crippen LogP contribution in [0.3, 0.4) is 0 Å². The fraction of sp³-hybridized carbons (Fsp3) is 0.136. The van der Waals surface area contributed by atoms with E-state index in [1.807, 2.05) is 30.3 Å². The Morgan fingerprint density at radius 1 is 1.31 bits per heavy atom. The van der Waals surface area contributed by atoms with Crippen molar-refractivity contribution in [2.45, 2.75) is 13.3 Å². The number of nitriles is 1. The summed E-state index contributed by atoms with van der Waals surface area (Å²) in [5.41, 5.74) is 2.51. The third-order valence-corrected chi connectivity index (χ3v) is 5.12. The van der Waals surface area contributed by atoms with Crippen molar-refractivity contribution in [3.05, 3.63) is 59.1 Å². The van der Waals surface area contributed by atoms with Crippen molar-refractivity contribution < 1.29 is 14.6 Å². The molecular weight excluding hydrogens is 386 g/mol. The zero-order valence-electron chi connectivity index (χ0n) is 16.0. The predicted molar refractivity (Wildman–Crippen MR) is 115 cm³/mol. The summed E-state index contributed by atoms with van der Waals surface area (Å²) in [6, 6.07) is 16.5. The average Bonchev–Trinajstić information content (AvgIpc) is 3.17. The number of aromatic nitrogens is 1. The minimum atomic E-state index is -0.122. The van der Waals surface area contributed by atoms with Crippen LogP contribution in [0, 0.1) is 11.3 Å². The maximum Gasteiger partial charge on any atom is 0.224 e. The van der Waals surface area contributed by atoms with E-state index < -0.39 is 0 Å². The first-order valence-electron chi connectivity index (χ1n) is 8.91. The summed E-state index contributed by atoms with van der Waals surface area (Å²) < 4.78 is 5.12. The van der Waals surface area contributed by atoms with Gasteiger partial charge in [-0.2, -0.15) is 5.26 Å². The summed E-state index contributed by atoms with van der Waals surface area (Å²) in [6.45, 7) is 1.78. The fourth-order valence-corrected chi connectivity index (χ4v) is 3.59. The highest BCUT2D eigenvalue weighted by Crippen LogP contribution is 2.37. The van der Waals surface area contributed by atoms with Gasteiger partial charge >= 0.3 is 0 Å². The van der Waals surface area contributed by atoms with Crippen LogP contribution in [0.25, 0.3) is 22.9 Å². The van der Waals surface area contributed by atoms with Crippen molar-refractivity contribution in [2.75, 3.05) is 12.4 Å². The predicted octanol–water partition coefficient (Wildman–Crippen LogP) is 4.94. The Balaban J connectivity index is 2.06. The van der Waals surface area contributed by atoms with E-state index in [0.29, 0.717) is 39.0 Å². The Morgan fingerprint density at radius 3 is 2.72 bits per heavy atom. The van der Waals surface area contributed by atoms with E-state index >= 15 is 0 Å². The maximum absolute atomic E-state index is 12.0. The van der Waals surface area contributed by atoms with Crippen molar-refractivity contribution >= 4 is 33.9 Å². The zero-order valence-corrected chi connectivity index (χ0v) is 16.8. The molecule has 2 aromatic carbocycles. The first-order chi connectivity index (χ1) is 14.0. The molecule has 146 valence electrons. The molecule has 0 aliphatic rings. The average molecular weight is 405 g/mol. The Morgan fingerprint density at radius 2 is 2.07 bits per heavy atom.